The van der Waals surface area contributed by atoms with Crippen molar-refractivity contribution >= 4 is 23.0 Å². The van der Waals surface area contributed by atoms with Crippen molar-refractivity contribution in [1.82, 2.24) is 4.68 Å². The fraction of sp³-hybridized carbons (Fsp3) is 0.500. The first-order valence-corrected chi connectivity index (χ1v) is 9.92. The van der Waals surface area contributed by atoms with E-state index in [4.69, 9.17) is 14.2 Å². The quantitative estimate of drug-likeness (QED) is 0.504. The SMILES string of the molecule is CCOC(=O)c1cn(N(C)C)c2ccc(CCCOC(=O)OC(C)(C)C)cc2c1=O. The zero-order valence-electron chi connectivity index (χ0n) is 18.5. The number of aromatic nitrogens is 1. The summed E-state index contributed by atoms with van der Waals surface area (Å²) in [6.45, 7) is 7.41. The Morgan fingerprint density at radius 3 is 2.43 bits per heavy atom. The van der Waals surface area contributed by atoms with Gasteiger partial charge in [0.1, 0.15) is 11.2 Å². The van der Waals surface area contributed by atoms with E-state index in [1.165, 1.54) is 6.20 Å². The summed E-state index contributed by atoms with van der Waals surface area (Å²) in [6.07, 6.45) is 1.97. The zero-order valence-corrected chi connectivity index (χ0v) is 18.5. The molecule has 30 heavy (non-hydrogen) atoms. The van der Waals surface area contributed by atoms with Crippen molar-refractivity contribution in [1.29, 1.82) is 0 Å². The van der Waals surface area contributed by atoms with Gasteiger partial charge in [0, 0.05) is 25.7 Å². The lowest BCUT2D eigenvalue weighted by Gasteiger charge is -2.21. The fourth-order valence-corrected chi connectivity index (χ4v) is 2.91. The van der Waals surface area contributed by atoms with E-state index < -0.39 is 17.7 Å². The van der Waals surface area contributed by atoms with E-state index in [9.17, 15) is 14.4 Å². The number of pyridine rings is 1. The van der Waals surface area contributed by atoms with Gasteiger partial charge in [0.25, 0.3) is 0 Å². The average molecular weight is 418 g/mol. The summed E-state index contributed by atoms with van der Waals surface area (Å²) in [6, 6.07) is 5.53. The number of nitrogens with zero attached hydrogens (tertiary/aromatic N) is 2. The maximum Gasteiger partial charge on any atom is 0.508 e. The minimum absolute atomic E-state index is 0.0107. The highest BCUT2D eigenvalue weighted by atomic mass is 16.7. The number of carbonyl (C=O) groups is 2. The van der Waals surface area contributed by atoms with Crippen LogP contribution in [0, 0.1) is 0 Å². The van der Waals surface area contributed by atoms with Crippen molar-refractivity contribution in [2.24, 2.45) is 0 Å². The number of rotatable bonds is 7. The second-order valence-electron chi connectivity index (χ2n) is 8.05. The molecule has 0 bridgehead atoms. The monoisotopic (exact) mass is 418 g/mol. The number of hydrogen-bond acceptors (Lipinski definition) is 7. The number of carbonyl (C=O) groups excluding carboxylic acids is 2. The van der Waals surface area contributed by atoms with E-state index in [-0.39, 0.29) is 24.2 Å². The molecule has 0 radical (unpaired) electrons. The molecule has 1 aromatic carbocycles. The van der Waals surface area contributed by atoms with Gasteiger partial charge in [0.2, 0.25) is 5.43 Å². The normalized spacial score (nSPS) is 11.3. The van der Waals surface area contributed by atoms with Gasteiger partial charge >= 0.3 is 12.1 Å². The molecule has 8 nitrogen and oxygen atoms in total. The van der Waals surface area contributed by atoms with Gasteiger partial charge in [-0.1, -0.05) is 6.07 Å². The number of aryl methyl sites for hydroxylation is 1. The molecule has 0 amide bonds. The molecule has 0 aliphatic heterocycles. The highest BCUT2D eigenvalue weighted by Gasteiger charge is 2.18. The molecule has 2 aromatic rings. The molecule has 0 saturated heterocycles. The second-order valence-corrected chi connectivity index (χ2v) is 8.05. The van der Waals surface area contributed by atoms with Crippen LogP contribution in [0.4, 0.5) is 4.79 Å². The van der Waals surface area contributed by atoms with Gasteiger partial charge in [-0.15, -0.1) is 0 Å². The smallest absolute Gasteiger partial charge is 0.462 e. The van der Waals surface area contributed by atoms with Crippen LogP contribution in [-0.2, 0) is 20.6 Å². The molecule has 0 fully saturated rings. The van der Waals surface area contributed by atoms with Gasteiger partial charge in [-0.05, 0) is 58.2 Å². The number of benzene rings is 1. The summed E-state index contributed by atoms with van der Waals surface area (Å²) in [7, 11) is 3.64. The molecule has 1 aromatic heterocycles. The Bertz CT molecular complexity index is 972. The Morgan fingerprint density at radius 2 is 1.83 bits per heavy atom. The number of ether oxygens (including phenoxy) is 3. The summed E-state index contributed by atoms with van der Waals surface area (Å²) in [4.78, 5) is 36.7. The number of esters is 1. The van der Waals surface area contributed by atoms with Crippen molar-refractivity contribution in [3.05, 3.63) is 45.7 Å². The maximum absolute atomic E-state index is 12.9. The summed E-state index contributed by atoms with van der Waals surface area (Å²) in [5.41, 5.74) is 0.612. The molecule has 0 atom stereocenters. The minimum Gasteiger partial charge on any atom is -0.462 e. The molecule has 0 aliphatic carbocycles. The van der Waals surface area contributed by atoms with Gasteiger partial charge in [0.15, 0.2) is 0 Å². The standard InChI is InChI=1S/C22H30N2O6/c1-7-28-20(26)17-14-24(23(5)6)18-11-10-15(13-16(18)19(17)25)9-8-12-29-21(27)30-22(2,3)4/h10-11,13-14H,7-9,12H2,1-6H3. The van der Waals surface area contributed by atoms with Crippen LogP contribution >= 0.6 is 0 Å². The van der Waals surface area contributed by atoms with Crippen molar-refractivity contribution in [2.45, 2.75) is 46.1 Å². The van der Waals surface area contributed by atoms with Crippen LogP contribution in [0.5, 0.6) is 0 Å². The molecule has 8 heteroatoms. The number of fused-ring (bicyclic) bond motifs is 1. The Labute approximate surface area is 176 Å². The van der Waals surface area contributed by atoms with E-state index in [0.29, 0.717) is 23.7 Å². The first-order valence-electron chi connectivity index (χ1n) is 9.92. The van der Waals surface area contributed by atoms with E-state index in [1.54, 1.807) is 43.4 Å². The van der Waals surface area contributed by atoms with Crippen LogP contribution in [0.25, 0.3) is 10.9 Å². The highest BCUT2D eigenvalue weighted by Crippen LogP contribution is 2.16. The zero-order chi connectivity index (χ0) is 22.5. The third-order valence-corrected chi connectivity index (χ3v) is 4.19. The van der Waals surface area contributed by atoms with E-state index in [1.807, 2.05) is 26.2 Å². The number of hydrogen-bond donors (Lipinski definition) is 0. The minimum atomic E-state index is -0.700. The molecule has 0 aliphatic rings. The first kappa shape index (κ1) is 23.3. The summed E-state index contributed by atoms with van der Waals surface area (Å²) in [5.74, 6) is -0.642. The third-order valence-electron chi connectivity index (χ3n) is 4.19. The topological polar surface area (TPSA) is 87.1 Å². The predicted octanol–water partition coefficient (Wildman–Crippen LogP) is 3.26. The predicted molar refractivity (Wildman–Crippen MR) is 115 cm³/mol. The summed E-state index contributed by atoms with van der Waals surface area (Å²) < 4.78 is 16.9. The second kappa shape index (κ2) is 9.65. The van der Waals surface area contributed by atoms with Crippen molar-refractivity contribution in [3.63, 3.8) is 0 Å². The van der Waals surface area contributed by atoms with Gasteiger partial charge in [0.05, 0.1) is 18.7 Å². The van der Waals surface area contributed by atoms with Crippen LogP contribution in [0.1, 0.15) is 50.0 Å². The van der Waals surface area contributed by atoms with Crippen molar-refractivity contribution < 1.29 is 23.8 Å². The van der Waals surface area contributed by atoms with Crippen LogP contribution in [0.15, 0.2) is 29.2 Å². The molecule has 2 rings (SSSR count). The maximum atomic E-state index is 12.9. The fourth-order valence-electron chi connectivity index (χ4n) is 2.91. The lowest BCUT2D eigenvalue weighted by molar-refractivity contribution is -0.00747. The molecular weight excluding hydrogens is 388 g/mol. The molecule has 0 spiro atoms. The highest BCUT2D eigenvalue weighted by molar-refractivity contribution is 5.94. The largest absolute Gasteiger partial charge is 0.508 e. The molecule has 0 N–H and O–H groups in total. The van der Waals surface area contributed by atoms with Crippen molar-refractivity contribution in [3.8, 4) is 0 Å². The Kier molecular flexibility index (Phi) is 7.48. The van der Waals surface area contributed by atoms with Crippen LogP contribution in [0.2, 0.25) is 0 Å². The lowest BCUT2D eigenvalue weighted by atomic mass is 10.0. The van der Waals surface area contributed by atoms with Gasteiger partial charge in [-0.3, -0.25) is 9.47 Å². The van der Waals surface area contributed by atoms with Gasteiger partial charge < -0.3 is 19.2 Å². The van der Waals surface area contributed by atoms with E-state index in [2.05, 4.69) is 0 Å². The lowest BCUT2D eigenvalue weighted by Crippen LogP contribution is -2.30. The van der Waals surface area contributed by atoms with Gasteiger partial charge in [-0.2, -0.15) is 0 Å². The first-order chi connectivity index (χ1) is 14.0. The Morgan fingerprint density at radius 1 is 1.13 bits per heavy atom. The molecule has 0 unspecified atom stereocenters. The Balaban J connectivity index is 2.21. The van der Waals surface area contributed by atoms with E-state index >= 15 is 0 Å². The molecule has 1 heterocycles. The van der Waals surface area contributed by atoms with E-state index in [0.717, 1.165) is 5.56 Å². The molecular formula is C22H30N2O6. The van der Waals surface area contributed by atoms with Crippen molar-refractivity contribution in [2.75, 3.05) is 32.3 Å². The van der Waals surface area contributed by atoms with Gasteiger partial charge in [-0.25, -0.2) is 9.59 Å². The average Bonchev–Trinajstić information content (AvgIpc) is 2.64. The van der Waals surface area contributed by atoms with Crippen LogP contribution < -0.4 is 10.4 Å². The molecule has 0 saturated carbocycles. The molecule has 164 valence electrons. The van der Waals surface area contributed by atoms with Crippen LogP contribution in [0.3, 0.4) is 0 Å². The summed E-state index contributed by atoms with van der Waals surface area (Å²) in [5, 5.41) is 2.21. The van der Waals surface area contributed by atoms with Crippen LogP contribution in [-0.4, -0.2) is 49.7 Å². The third kappa shape index (κ3) is 5.98. The summed E-state index contributed by atoms with van der Waals surface area (Å²) >= 11 is 0. The Hall–Kier alpha value is -3.03.